The molecule has 1 spiro atoms. The number of nitrogens with zero attached hydrogens (tertiary/aromatic N) is 3. The van der Waals surface area contributed by atoms with Crippen molar-refractivity contribution in [1.29, 1.82) is 0 Å². The van der Waals surface area contributed by atoms with Crippen LogP contribution in [0.1, 0.15) is 39.2 Å². The molecule has 0 radical (unpaired) electrons. The molecule has 3 heterocycles. The van der Waals surface area contributed by atoms with Gasteiger partial charge in [0.25, 0.3) is 0 Å². The van der Waals surface area contributed by atoms with Gasteiger partial charge in [-0.25, -0.2) is 4.79 Å². The van der Waals surface area contributed by atoms with E-state index in [1.54, 1.807) is 7.11 Å². The number of carbonyl (C=O) groups excluding carboxylic acids is 1. The Kier molecular flexibility index (Phi) is 4.56. The minimum absolute atomic E-state index is 0.148. The highest BCUT2D eigenvalue weighted by atomic mass is 16.6. The lowest BCUT2D eigenvalue weighted by atomic mass is 9.86. The molecular weight excluding hydrogens is 318 g/mol. The Labute approximate surface area is 150 Å². The molecule has 0 aliphatic carbocycles. The second kappa shape index (κ2) is 6.39. The Balaban J connectivity index is 1.67. The minimum Gasteiger partial charge on any atom is -0.481 e. The number of aromatic nitrogens is 1. The average Bonchev–Trinajstić information content (AvgIpc) is 3.13. The fourth-order valence-corrected chi connectivity index (χ4v) is 3.77. The van der Waals surface area contributed by atoms with Gasteiger partial charge in [0.15, 0.2) is 0 Å². The van der Waals surface area contributed by atoms with Crippen molar-refractivity contribution in [2.75, 3.05) is 38.2 Å². The standard InChI is InChI=1S/C19H29N3O3/c1-14-10-15(20-16(11-14)24-5)21-8-6-19(12-21)7-9-22(13-19)17(23)25-18(2,3)4/h10-11H,6-9,12-13H2,1-5H3. The zero-order chi connectivity index (χ0) is 18.2. The van der Waals surface area contributed by atoms with E-state index in [0.717, 1.165) is 50.4 Å². The number of ether oxygens (including phenoxy) is 2. The topological polar surface area (TPSA) is 54.9 Å². The fourth-order valence-electron chi connectivity index (χ4n) is 3.77. The van der Waals surface area contributed by atoms with Gasteiger partial charge in [0.05, 0.1) is 7.11 Å². The quantitative estimate of drug-likeness (QED) is 0.822. The van der Waals surface area contributed by atoms with E-state index in [0.29, 0.717) is 5.88 Å². The third-order valence-corrected chi connectivity index (χ3v) is 4.99. The van der Waals surface area contributed by atoms with E-state index >= 15 is 0 Å². The summed E-state index contributed by atoms with van der Waals surface area (Å²) in [5.74, 6) is 1.61. The number of amides is 1. The van der Waals surface area contributed by atoms with Gasteiger partial charge in [-0.05, 0) is 52.2 Å². The van der Waals surface area contributed by atoms with Crippen LogP contribution in [-0.2, 0) is 4.74 Å². The molecule has 6 heteroatoms. The van der Waals surface area contributed by atoms with E-state index in [1.165, 1.54) is 0 Å². The molecule has 0 aromatic carbocycles. The van der Waals surface area contributed by atoms with Crippen LogP contribution in [0.5, 0.6) is 5.88 Å². The SMILES string of the molecule is COc1cc(C)cc(N2CCC3(CCN(C(=O)OC(C)(C)C)C3)C2)n1. The number of anilines is 1. The molecule has 1 unspecified atom stereocenters. The Morgan fingerprint density at radius 1 is 1.20 bits per heavy atom. The lowest BCUT2D eigenvalue weighted by molar-refractivity contribution is 0.0276. The third-order valence-electron chi connectivity index (χ3n) is 4.99. The fraction of sp³-hybridized carbons (Fsp3) is 0.684. The maximum absolute atomic E-state index is 12.3. The summed E-state index contributed by atoms with van der Waals surface area (Å²) in [7, 11) is 1.65. The molecule has 1 amide bonds. The molecule has 1 atom stereocenters. The van der Waals surface area contributed by atoms with Crippen molar-refractivity contribution in [1.82, 2.24) is 9.88 Å². The van der Waals surface area contributed by atoms with E-state index in [4.69, 9.17) is 9.47 Å². The molecule has 25 heavy (non-hydrogen) atoms. The largest absolute Gasteiger partial charge is 0.481 e. The molecule has 1 aromatic rings. The van der Waals surface area contributed by atoms with Crippen LogP contribution in [0.2, 0.25) is 0 Å². The van der Waals surface area contributed by atoms with Crippen molar-refractivity contribution < 1.29 is 14.3 Å². The van der Waals surface area contributed by atoms with Gasteiger partial charge in [-0.3, -0.25) is 0 Å². The summed E-state index contributed by atoms with van der Waals surface area (Å²) in [6, 6.07) is 4.04. The third kappa shape index (κ3) is 3.99. The second-order valence-electron chi connectivity index (χ2n) is 8.37. The maximum Gasteiger partial charge on any atom is 0.410 e. The van der Waals surface area contributed by atoms with Crippen molar-refractivity contribution in [2.24, 2.45) is 5.41 Å². The van der Waals surface area contributed by atoms with Crippen LogP contribution >= 0.6 is 0 Å². The molecule has 138 valence electrons. The highest BCUT2D eigenvalue weighted by molar-refractivity contribution is 5.68. The molecule has 0 N–H and O–H groups in total. The van der Waals surface area contributed by atoms with Gasteiger partial charge in [-0.15, -0.1) is 0 Å². The first-order chi connectivity index (χ1) is 11.7. The van der Waals surface area contributed by atoms with Gasteiger partial charge in [0.2, 0.25) is 5.88 Å². The van der Waals surface area contributed by atoms with Crippen LogP contribution in [-0.4, -0.2) is 54.9 Å². The predicted molar refractivity (Wildman–Crippen MR) is 97.2 cm³/mol. The Hall–Kier alpha value is -1.98. The van der Waals surface area contributed by atoms with Crippen LogP contribution in [0, 0.1) is 12.3 Å². The number of hydrogen-bond donors (Lipinski definition) is 0. The molecule has 3 rings (SSSR count). The molecule has 2 fully saturated rings. The van der Waals surface area contributed by atoms with Crippen LogP contribution in [0.4, 0.5) is 10.6 Å². The van der Waals surface area contributed by atoms with Gasteiger partial charge in [0.1, 0.15) is 11.4 Å². The molecule has 1 aromatic heterocycles. The normalized spacial score (nSPS) is 23.4. The summed E-state index contributed by atoms with van der Waals surface area (Å²) in [6.45, 7) is 11.2. The van der Waals surface area contributed by atoms with Crippen LogP contribution in [0.15, 0.2) is 12.1 Å². The minimum atomic E-state index is -0.448. The van der Waals surface area contributed by atoms with Gasteiger partial charge >= 0.3 is 6.09 Å². The number of hydrogen-bond acceptors (Lipinski definition) is 5. The van der Waals surface area contributed by atoms with Gasteiger partial charge in [0, 0.05) is 37.7 Å². The van der Waals surface area contributed by atoms with E-state index in [1.807, 2.05) is 31.7 Å². The summed E-state index contributed by atoms with van der Waals surface area (Å²) >= 11 is 0. The first-order valence-corrected chi connectivity index (χ1v) is 8.95. The Morgan fingerprint density at radius 2 is 1.92 bits per heavy atom. The summed E-state index contributed by atoms with van der Waals surface area (Å²) in [4.78, 5) is 21.1. The summed E-state index contributed by atoms with van der Waals surface area (Å²) in [5, 5.41) is 0. The summed E-state index contributed by atoms with van der Waals surface area (Å²) in [6.07, 6.45) is 1.90. The van der Waals surface area contributed by atoms with Crippen molar-refractivity contribution in [2.45, 2.75) is 46.1 Å². The summed E-state index contributed by atoms with van der Waals surface area (Å²) in [5.41, 5.74) is 0.844. The van der Waals surface area contributed by atoms with Gasteiger partial charge < -0.3 is 19.3 Å². The lowest BCUT2D eigenvalue weighted by Crippen LogP contribution is -2.37. The second-order valence-corrected chi connectivity index (χ2v) is 8.37. The molecule has 0 bridgehead atoms. The van der Waals surface area contributed by atoms with Crippen molar-refractivity contribution in [3.63, 3.8) is 0 Å². The number of pyridine rings is 1. The predicted octanol–water partition coefficient (Wildman–Crippen LogP) is 3.24. The van der Waals surface area contributed by atoms with Crippen molar-refractivity contribution >= 4 is 11.9 Å². The van der Waals surface area contributed by atoms with Crippen LogP contribution in [0.25, 0.3) is 0 Å². The zero-order valence-electron chi connectivity index (χ0n) is 16.0. The monoisotopic (exact) mass is 347 g/mol. The van der Waals surface area contributed by atoms with Crippen molar-refractivity contribution in [3.8, 4) is 5.88 Å². The highest BCUT2D eigenvalue weighted by Gasteiger charge is 2.46. The Bertz CT molecular complexity index is 656. The van der Waals surface area contributed by atoms with Crippen molar-refractivity contribution in [3.05, 3.63) is 17.7 Å². The molecule has 6 nitrogen and oxygen atoms in total. The smallest absolute Gasteiger partial charge is 0.410 e. The first-order valence-electron chi connectivity index (χ1n) is 8.95. The van der Waals surface area contributed by atoms with E-state index < -0.39 is 5.60 Å². The van der Waals surface area contributed by atoms with E-state index in [9.17, 15) is 4.79 Å². The number of likely N-dealkylation sites (tertiary alicyclic amines) is 1. The Morgan fingerprint density at radius 3 is 2.60 bits per heavy atom. The number of methoxy groups -OCH3 is 1. The zero-order valence-corrected chi connectivity index (χ0v) is 16.0. The molecule has 2 aliphatic heterocycles. The van der Waals surface area contributed by atoms with Gasteiger partial charge in [-0.1, -0.05) is 0 Å². The number of aryl methyl sites for hydroxylation is 1. The van der Waals surface area contributed by atoms with Crippen LogP contribution in [0.3, 0.4) is 0 Å². The molecule has 2 aliphatic rings. The number of carbonyl (C=O) groups is 1. The molecule has 0 saturated carbocycles. The molecular formula is C19H29N3O3. The maximum atomic E-state index is 12.3. The van der Waals surface area contributed by atoms with Crippen LogP contribution < -0.4 is 9.64 Å². The van der Waals surface area contributed by atoms with E-state index in [2.05, 4.69) is 22.9 Å². The average molecular weight is 347 g/mol. The first kappa shape index (κ1) is 17.8. The van der Waals surface area contributed by atoms with E-state index in [-0.39, 0.29) is 11.5 Å². The highest BCUT2D eigenvalue weighted by Crippen LogP contribution is 2.41. The lowest BCUT2D eigenvalue weighted by Gasteiger charge is -2.27. The number of rotatable bonds is 2. The summed E-state index contributed by atoms with van der Waals surface area (Å²) < 4.78 is 10.8. The van der Waals surface area contributed by atoms with Gasteiger partial charge in [-0.2, -0.15) is 4.98 Å². The molecule has 2 saturated heterocycles.